The zero-order valence-electron chi connectivity index (χ0n) is 9.49. The van der Waals surface area contributed by atoms with Crippen LogP contribution in [0, 0.1) is 23.7 Å². The van der Waals surface area contributed by atoms with Crippen LogP contribution in [0.3, 0.4) is 0 Å². The molecule has 0 aromatic carbocycles. The van der Waals surface area contributed by atoms with Gasteiger partial charge in [-0.05, 0) is 54.9 Å². The maximum Gasteiger partial charge on any atom is 0.0644 e. The molecule has 1 nitrogen and oxygen atoms in total. The van der Waals surface area contributed by atoms with Crippen LogP contribution in [0.25, 0.3) is 0 Å². The molecular formula is C14H22O. The van der Waals surface area contributed by atoms with Gasteiger partial charge in [-0.2, -0.15) is 0 Å². The van der Waals surface area contributed by atoms with Crippen molar-refractivity contribution in [3.63, 3.8) is 0 Å². The zero-order chi connectivity index (χ0) is 10.3. The zero-order valence-corrected chi connectivity index (χ0v) is 9.49. The van der Waals surface area contributed by atoms with Crippen molar-refractivity contribution in [3.8, 4) is 0 Å². The van der Waals surface area contributed by atoms with E-state index in [1.807, 2.05) is 0 Å². The van der Waals surface area contributed by atoms with E-state index in [4.69, 9.17) is 0 Å². The third kappa shape index (κ3) is 1.56. The van der Waals surface area contributed by atoms with Gasteiger partial charge >= 0.3 is 0 Å². The van der Waals surface area contributed by atoms with Crippen molar-refractivity contribution in [2.24, 2.45) is 23.7 Å². The second-order valence-electron chi connectivity index (χ2n) is 5.73. The van der Waals surface area contributed by atoms with Crippen molar-refractivity contribution < 1.29 is 5.11 Å². The Hall–Kier alpha value is -0.300. The van der Waals surface area contributed by atoms with Crippen molar-refractivity contribution in [2.45, 2.75) is 44.9 Å². The van der Waals surface area contributed by atoms with Crippen LogP contribution < -0.4 is 0 Å². The highest BCUT2D eigenvalue weighted by Gasteiger charge is 2.42. The van der Waals surface area contributed by atoms with E-state index < -0.39 is 0 Å². The normalized spacial score (nSPS) is 44.5. The van der Waals surface area contributed by atoms with Crippen molar-refractivity contribution in [1.82, 2.24) is 0 Å². The highest BCUT2D eigenvalue weighted by Crippen LogP contribution is 2.52. The van der Waals surface area contributed by atoms with Gasteiger partial charge in [0.2, 0.25) is 0 Å². The number of aliphatic hydroxyl groups is 1. The summed E-state index contributed by atoms with van der Waals surface area (Å²) in [6.07, 6.45) is 12.3. The van der Waals surface area contributed by atoms with Crippen molar-refractivity contribution >= 4 is 0 Å². The number of allylic oxidation sites excluding steroid dienone is 1. The predicted octanol–water partition coefficient (Wildman–Crippen LogP) is 3.14. The summed E-state index contributed by atoms with van der Waals surface area (Å²) < 4.78 is 0. The highest BCUT2D eigenvalue weighted by molar-refractivity contribution is 5.18. The topological polar surface area (TPSA) is 20.2 Å². The van der Waals surface area contributed by atoms with E-state index >= 15 is 0 Å². The monoisotopic (exact) mass is 206 g/mol. The molecule has 0 heterocycles. The molecule has 1 heteroatoms. The second kappa shape index (κ2) is 3.93. The lowest BCUT2D eigenvalue weighted by atomic mass is 9.61. The molecule has 1 N–H and O–H groups in total. The minimum absolute atomic E-state index is 0.318. The molecule has 0 aliphatic heterocycles. The molecule has 0 radical (unpaired) electrons. The van der Waals surface area contributed by atoms with Crippen LogP contribution in [-0.4, -0.2) is 11.7 Å². The Morgan fingerprint density at radius 2 is 1.93 bits per heavy atom. The average molecular weight is 206 g/mol. The first kappa shape index (κ1) is 9.89. The van der Waals surface area contributed by atoms with E-state index in [2.05, 4.69) is 6.08 Å². The van der Waals surface area contributed by atoms with E-state index in [0.717, 1.165) is 23.7 Å². The summed E-state index contributed by atoms with van der Waals surface area (Å²) in [5.74, 6) is 3.70. The van der Waals surface area contributed by atoms with Gasteiger partial charge in [0.25, 0.3) is 0 Å². The molecule has 2 fully saturated rings. The predicted molar refractivity (Wildman–Crippen MR) is 61.4 cm³/mol. The molecule has 84 valence electrons. The lowest BCUT2D eigenvalue weighted by Crippen LogP contribution is -2.35. The van der Waals surface area contributed by atoms with Crippen LogP contribution in [0.4, 0.5) is 0 Å². The van der Waals surface area contributed by atoms with E-state index in [9.17, 15) is 5.11 Å². The molecule has 2 saturated carbocycles. The van der Waals surface area contributed by atoms with Gasteiger partial charge in [-0.25, -0.2) is 0 Å². The number of rotatable bonds is 1. The largest absolute Gasteiger partial charge is 0.392 e. The Bertz CT molecular complexity index is 269. The van der Waals surface area contributed by atoms with E-state index in [1.165, 1.54) is 50.5 Å². The molecule has 0 spiro atoms. The number of hydrogen-bond acceptors (Lipinski definition) is 1. The second-order valence-corrected chi connectivity index (χ2v) is 5.73. The van der Waals surface area contributed by atoms with Gasteiger partial charge in [-0.1, -0.05) is 25.3 Å². The molecule has 0 aromatic rings. The molecule has 3 rings (SSSR count). The van der Waals surface area contributed by atoms with E-state index in [-0.39, 0.29) is 0 Å². The fraction of sp³-hybridized carbons (Fsp3) is 0.857. The molecule has 0 saturated heterocycles. The molecule has 0 bridgehead atoms. The number of fused-ring (bicyclic) bond motifs is 3. The molecule has 4 atom stereocenters. The standard InChI is InChI=1S/C14H22O/c15-9-11-6-8-14-12-4-2-1-3-10(12)5-7-13(11)14/h6,10,12-15H,1-5,7-9H2. The van der Waals surface area contributed by atoms with Gasteiger partial charge in [-0.3, -0.25) is 0 Å². The van der Waals surface area contributed by atoms with Gasteiger partial charge in [0, 0.05) is 0 Å². The summed E-state index contributed by atoms with van der Waals surface area (Å²) in [7, 11) is 0. The van der Waals surface area contributed by atoms with Crippen LogP contribution in [0.1, 0.15) is 44.9 Å². The van der Waals surface area contributed by atoms with Crippen LogP contribution in [0.5, 0.6) is 0 Å². The fourth-order valence-corrected chi connectivity index (χ4v) is 4.48. The van der Waals surface area contributed by atoms with Crippen LogP contribution in [-0.2, 0) is 0 Å². The molecule has 3 aliphatic rings. The molecule has 3 aliphatic carbocycles. The minimum atomic E-state index is 0.318. The first-order valence-electron chi connectivity index (χ1n) is 6.70. The Labute approximate surface area is 92.6 Å². The summed E-state index contributed by atoms with van der Waals surface area (Å²) in [5.41, 5.74) is 1.36. The van der Waals surface area contributed by atoms with Crippen molar-refractivity contribution in [1.29, 1.82) is 0 Å². The van der Waals surface area contributed by atoms with Crippen LogP contribution in [0.15, 0.2) is 11.6 Å². The summed E-state index contributed by atoms with van der Waals surface area (Å²) >= 11 is 0. The van der Waals surface area contributed by atoms with Crippen LogP contribution >= 0.6 is 0 Å². The Morgan fingerprint density at radius 1 is 1.07 bits per heavy atom. The third-order valence-electron chi connectivity index (χ3n) is 5.19. The van der Waals surface area contributed by atoms with E-state index in [1.54, 1.807) is 0 Å². The third-order valence-corrected chi connectivity index (χ3v) is 5.19. The molecule has 4 unspecified atom stereocenters. The molecule has 0 amide bonds. The highest BCUT2D eigenvalue weighted by atomic mass is 16.3. The Balaban J connectivity index is 1.77. The van der Waals surface area contributed by atoms with Crippen LogP contribution in [0.2, 0.25) is 0 Å². The Morgan fingerprint density at radius 3 is 2.80 bits per heavy atom. The van der Waals surface area contributed by atoms with Crippen molar-refractivity contribution in [2.75, 3.05) is 6.61 Å². The Kier molecular flexibility index (Phi) is 2.59. The average Bonchev–Trinajstić information content (AvgIpc) is 2.72. The van der Waals surface area contributed by atoms with Gasteiger partial charge in [0.05, 0.1) is 6.61 Å². The van der Waals surface area contributed by atoms with E-state index in [0.29, 0.717) is 6.61 Å². The van der Waals surface area contributed by atoms with Gasteiger partial charge in [0.15, 0.2) is 0 Å². The fourth-order valence-electron chi connectivity index (χ4n) is 4.48. The van der Waals surface area contributed by atoms with Gasteiger partial charge in [-0.15, -0.1) is 0 Å². The number of aliphatic hydroxyl groups excluding tert-OH is 1. The quantitative estimate of drug-likeness (QED) is 0.653. The summed E-state index contributed by atoms with van der Waals surface area (Å²) in [6.45, 7) is 0.318. The SMILES string of the molecule is OCC1=CCC2C1CCC1CCCCC12. The first-order valence-corrected chi connectivity index (χ1v) is 6.70. The summed E-state index contributed by atoms with van der Waals surface area (Å²) in [6, 6.07) is 0. The minimum Gasteiger partial charge on any atom is -0.392 e. The summed E-state index contributed by atoms with van der Waals surface area (Å²) in [5, 5.41) is 9.33. The smallest absolute Gasteiger partial charge is 0.0644 e. The van der Waals surface area contributed by atoms with Crippen molar-refractivity contribution in [3.05, 3.63) is 11.6 Å². The molecular weight excluding hydrogens is 184 g/mol. The maximum atomic E-state index is 9.33. The molecule has 0 aromatic heterocycles. The maximum absolute atomic E-state index is 9.33. The molecule has 15 heavy (non-hydrogen) atoms. The lowest BCUT2D eigenvalue weighted by molar-refractivity contribution is 0.0755. The van der Waals surface area contributed by atoms with Gasteiger partial charge in [0.1, 0.15) is 0 Å². The van der Waals surface area contributed by atoms with Gasteiger partial charge < -0.3 is 5.11 Å². The first-order chi connectivity index (χ1) is 7.40. The number of hydrogen-bond donors (Lipinski definition) is 1. The lowest BCUT2D eigenvalue weighted by Gasteiger charge is -2.44. The summed E-state index contributed by atoms with van der Waals surface area (Å²) in [4.78, 5) is 0.